The molecule has 0 aliphatic carbocycles. The standard InChI is InChI=1S/C21H18N6O6S2/c1-32-25-14(13-6-33-21(22)23-13)17(28)24-15-18(29)27-16(20(30)31)12(9-35-19(15)27)5-26-3-2-10-7-34-8-11(10)4-26/h2-4,6-8,15,19H,5,9H2,1H3,(H3-,22,23,24,28,30,31)/t15?,19-/m0/s1. The van der Waals surface area contributed by atoms with Crippen LogP contribution in [0, 0.1) is 0 Å². The van der Waals surface area contributed by atoms with Crippen molar-refractivity contribution in [3.63, 3.8) is 0 Å². The molecule has 0 spiro atoms. The number of carbonyl (C=O) groups is 3. The van der Waals surface area contributed by atoms with E-state index in [4.69, 9.17) is 15.0 Å². The Hall–Kier alpha value is -3.91. The highest BCUT2D eigenvalue weighted by molar-refractivity contribution is 8.00. The van der Waals surface area contributed by atoms with Crippen LogP contribution in [0.5, 0.6) is 0 Å². The Morgan fingerprint density at radius 2 is 2.23 bits per heavy atom. The fraction of sp³-hybridized carbons (Fsp3) is 0.238. The molecule has 0 bridgehead atoms. The molecule has 3 N–H and O–H groups in total. The summed E-state index contributed by atoms with van der Waals surface area (Å²) in [6.45, 7) is 0.286. The van der Waals surface area contributed by atoms with Gasteiger partial charge in [0.05, 0.1) is 17.1 Å². The molecule has 1 unspecified atom stereocenters. The number of anilines is 1. The number of oxazole rings is 1. The topological polar surface area (TPSA) is 167 Å². The van der Waals surface area contributed by atoms with Crippen molar-refractivity contribution in [3.05, 3.63) is 52.4 Å². The van der Waals surface area contributed by atoms with E-state index >= 15 is 0 Å². The number of carboxylic acids is 1. The second-order valence-electron chi connectivity index (χ2n) is 7.69. The fourth-order valence-electron chi connectivity index (χ4n) is 3.97. The molecule has 12 nitrogen and oxygen atoms in total. The van der Waals surface area contributed by atoms with Crippen LogP contribution in [-0.4, -0.2) is 57.7 Å². The van der Waals surface area contributed by atoms with Crippen LogP contribution in [0.25, 0.3) is 10.8 Å². The van der Waals surface area contributed by atoms with Crippen LogP contribution < -0.4 is 20.7 Å². The molecule has 0 radical (unpaired) electrons. The molecule has 0 aromatic carbocycles. The number of nitrogen functional groups attached to an aromatic ring is 1. The Morgan fingerprint density at radius 3 is 2.94 bits per heavy atom. The summed E-state index contributed by atoms with van der Waals surface area (Å²) in [5, 5.41) is 23.8. The third-order valence-electron chi connectivity index (χ3n) is 5.54. The van der Waals surface area contributed by atoms with Crippen LogP contribution in [0.2, 0.25) is 0 Å². The zero-order valence-corrected chi connectivity index (χ0v) is 19.8. The third kappa shape index (κ3) is 4.10. The van der Waals surface area contributed by atoms with Gasteiger partial charge in [0.25, 0.3) is 17.8 Å². The van der Waals surface area contributed by atoms with Crippen LogP contribution in [0.15, 0.2) is 56.3 Å². The number of β-lactam (4-membered cyclic amide) rings is 1. The normalized spacial score (nSPS) is 20.0. The van der Waals surface area contributed by atoms with Gasteiger partial charge in [0.15, 0.2) is 24.7 Å². The molecule has 14 heteroatoms. The monoisotopic (exact) mass is 514 g/mol. The molecular weight excluding hydrogens is 496 g/mol. The lowest BCUT2D eigenvalue weighted by Crippen LogP contribution is -2.71. The maximum Gasteiger partial charge on any atom is 0.292 e. The summed E-state index contributed by atoms with van der Waals surface area (Å²) in [4.78, 5) is 47.5. The SMILES string of the molecule is CON=C(C(=O)NC1C(=O)N2C(C(=O)[O-])=C(C[n+]3ccc4cscc4c3)CS[C@@H]12)c1coc(N)n1. The molecule has 0 saturated carbocycles. The molecule has 1 saturated heterocycles. The third-order valence-corrected chi connectivity index (χ3v) is 7.66. The molecule has 2 amide bonds. The van der Waals surface area contributed by atoms with Crippen LogP contribution in [0.1, 0.15) is 5.69 Å². The Morgan fingerprint density at radius 1 is 1.43 bits per heavy atom. The molecule has 3 aromatic heterocycles. The molecule has 5 heterocycles. The summed E-state index contributed by atoms with van der Waals surface area (Å²) in [5.41, 5.74) is 5.62. The van der Waals surface area contributed by atoms with Crippen molar-refractivity contribution in [3.8, 4) is 0 Å². The number of rotatable bonds is 7. The quantitative estimate of drug-likeness (QED) is 0.178. The summed E-state index contributed by atoms with van der Waals surface area (Å²) < 4.78 is 6.78. The van der Waals surface area contributed by atoms with Gasteiger partial charge >= 0.3 is 0 Å². The van der Waals surface area contributed by atoms with Gasteiger partial charge in [-0.3, -0.25) is 14.5 Å². The van der Waals surface area contributed by atoms with Crippen molar-refractivity contribution in [1.82, 2.24) is 15.2 Å². The number of aromatic nitrogens is 2. The molecular formula is C21H18N6O6S2. The molecule has 2 atom stereocenters. The highest BCUT2D eigenvalue weighted by Crippen LogP contribution is 2.40. The van der Waals surface area contributed by atoms with Gasteiger partial charge in [-0.05, 0) is 5.38 Å². The van der Waals surface area contributed by atoms with Crippen LogP contribution >= 0.6 is 23.1 Å². The minimum atomic E-state index is -1.44. The number of thioether (sulfide) groups is 1. The van der Waals surface area contributed by atoms with Crippen molar-refractivity contribution in [2.24, 2.45) is 5.16 Å². The number of hydrogen-bond donors (Lipinski definition) is 2. The number of amides is 2. The lowest BCUT2D eigenvalue weighted by atomic mass is 10.0. The largest absolute Gasteiger partial charge is 0.543 e. The van der Waals surface area contributed by atoms with E-state index in [1.165, 1.54) is 18.9 Å². The van der Waals surface area contributed by atoms with E-state index in [2.05, 4.69) is 15.5 Å². The maximum atomic E-state index is 12.9. The number of nitrogens with zero attached hydrogens (tertiary/aromatic N) is 4. The highest BCUT2D eigenvalue weighted by atomic mass is 32.2. The maximum absolute atomic E-state index is 12.9. The smallest absolute Gasteiger partial charge is 0.292 e. The number of nitrogens with one attached hydrogen (secondary N) is 1. The molecule has 5 rings (SSSR count). The first kappa shape index (κ1) is 22.9. The molecule has 3 aromatic rings. The number of pyridine rings is 1. The number of nitrogens with two attached hydrogens (primary N) is 1. The van der Waals surface area contributed by atoms with E-state index in [-0.39, 0.29) is 29.7 Å². The van der Waals surface area contributed by atoms with Crippen LogP contribution in [-0.2, 0) is 25.8 Å². The van der Waals surface area contributed by atoms with Gasteiger partial charge in [-0.2, -0.15) is 16.3 Å². The Labute approximate surface area is 206 Å². The van der Waals surface area contributed by atoms with Gasteiger partial charge in [0.2, 0.25) is 0 Å². The van der Waals surface area contributed by atoms with Crippen molar-refractivity contribution < 1.29 is 33.3 Å². The average molecular weight is 515 g/mol. The second-order valence-corrected chi connectivity index (χ2v) is 9.54. The molecule has 180 valence electrons. The van der Waals surface area contributed by atoms with Gasteiger partial charge in [0, 0.05) is 28.2 Å². The van der Waals surface area contributed by atoms with Gasteiger partial charge in [-0.25, -0.2) is 4.57 Å². The number of fused-ring (bicyclic) bond motifs is 2. The van der Waals surface area contributed by atoms with E-state index in [0.717, 1.165) is 21.9 Å². The predicted molar refractivity (Wildman–Crippen MR) is 124 cm³/mol. The van der Waals surface area contributed by atoms with E-state index in [9.17, 15) is 19.5 Å². The Balaban J connectivity index is 1.36. The zero-order valence-electron chi connectivity index (χ0n) is 18.2. The summed E-state index contributed by atoms with van der Waals surface area (Å²) in [5.74, 6) is -2.41. The van der Waals surface area contributed by atoms with Crippen molar-refractivity contribution in [2.75, 3.05) is 18.6 Å². The number of hydrogen-bond acceptors (Lipinski definition) is 11. The summed E-state index contributed by atoms with van der Waals surface area (Å²) >= 11 is 2.93. The van der Waals surface area contributed by atoms with Gasteiger partial charge < -0.3 is 30.2 Å². The van der Waals surface area contributed by atoms with Crippen molar-refractivity contribution >= 4 is 63.4 Å². The zero-order chi connectivity index (χ0) is 24.7. The predicted octanol–water partition coefficient (Wildman–Crippen LogP) is -0.786. The number of oxime groups is 1. The summed E-state index contributed by atoms with van der Waals surface area (Å²) in [6, 6.07) is 0.813. The molecule has 35 heavy (non-hydrogen) atoms. The van der Waals surface area contributed by atoms with Crippen molar-refractivity contribution in [1.29, 1.82) is 0 Å². The van der Waals surface area contributed by atoms with Crippen molar-refractivity contribution in [2.45, 2.75) is 18.0 Å². The van der Waals surface area contributed by atoms with Crippen LogP contribution in [0.4, 0.5) is 6.01 Å². The van der Waals surface area contributed by atoms with E-state index in [0.29, 0.717) is 11.3 Å². The average Bonchev–Trinajstić information content (AvgIpc) is 3.48. The van der Waals surface area contributed by atoms with E-state index in [1.807, 2.05) is 33.8 Å². The summed E-state index contributed by atoms with van der Waals surface area (Å²) in [7, 11) is 1.25. The lowest BCUT2D eigenvalue weighted by molar-refractivity contribution is -0.687. The molecule has 2 aliphatic rings. The van der Waals surface area contributed by atoms with Gasteiger partial charge in [-0.15, -0.1) is 11.8 Å². The van der Waals surface area contributed by atoms with E-state index in [1.54, 1.807) is 11.3 Å². The van der Waals surface area contributed by atoms with E-state index < -0.39 is 29.2 Å². The van der Waals surface area contributed by atoms with Gasteiger partial charge in [-0.1, -0.05) is 5.16 Å². The number of carboxylic acid groups (broad SMARTS) is 1. The first-order valence-corrected chi connectivity index (χ1v) is 12.2. The first-order chi connectivity index (χ1) is 16.9. The minimum absolute atomic E-state index is 0.0269. The lowest BCUT2D eigenvalue weighted by Gasteiger charge is -2.50. The Bertz CT molecular complexity index is 1410. The molecule has 2 aliphatic heterocycles. The van der Waals surface area contributed by atoms with Gasteiger partial charge in [0.1, 0.15) is 30.5 Å². The number of carbonyl (C=O) groups excluding carboxylic acids is 3. The first-order valence-electron chi connectivity index (χ1n) is 10.2. The summed E-state index contributed by atoms with van der Waals surface area (Å²) in [6.07, 6.45) is 4.92. The molecule has 1 fully saturated rings. The number of aliphatic carboxylic acids is 1. The highest BCUT2D eigenvalue weighted by Gasteiger charge is 2.53. The van der Waals surface area contributed by atoms with Crippen LogP contribution in [0.3, 0.4) is 0 Å². The minimum Gasteiger partial charge on any atom is -0.543 e. The Kier molecular flexibility index (Phi) is 5.90. The fourth-order valence-corrected chi connectivity index (χ4v) is 6.08. The number of thiophene rings is 1. The second kappa shape index (κ2) is 9.03.